The lowest BCUT2D eigenvalue weighted by Crippen LogP contribution is -2.23. The number of aryl methyl sites for hydroxylation is 2. The molecule has 0 aliphatic heterocycles. The molecule has 6 nitrogen and oxygen atoms in total. The van der Waals surface area contributed by atoms with Gasteiger partial charge in [0.1, 0.15) is 4.83 Å². The lowest BCUT2D eigenvalue weighted by Gasteiger charge is -2.10. The molecule has 2 N–H and O–H groups in total. The van der Waals surface area contributed by atoms with E-state index in [2.05, 4.69) is 11.6 Å². The molecule has 0 spiro atoms. The molecule has 8 heteroatoms. The van der Waals surface area contributed by atoms with Crippen molar-refractivity contribution >= 4 is 39.1 Å². The zero-order valence-electron chi connectivity index (χ0n) is 14.9. The van der Waals surface area contributed by atoms with Crippen LogP contribution in [0.3, 0.4) is 0 Å². The number of phenols is 2. The van der Waals surface area contributed by atoms with Crippen molar-refractivity contribution in [1.29, 1.82) is 0 Å². The van der Waals surface area contributed by atoms with Gasteiger partial charge in [-0.2, -0.15) is 0 Å². The number of hydrogen-bond acceptors (Lipinski definition) is 7. The summed E-state index contributed by atoms with van der Waals surface area (Å²) < 4.78 is 1.51. The maximum absolute atomic E-state index is 12.9. The van der Waals surface area contributed by atoms with Gasteiger partial charge < -0.3 is 10.2 Å². The molecule has 0 unspecified atom stereocenters. The molecule has 3 aromatic rings. The summed E-state index contributed by atoms with van der Waals surface area (Å²) in [4.78, 5) is 31.6. The van der Waals surface area contributed by atoms with Gasteiger partial charge in [-0.1, -0.05) is 17.8 Å². The lowest BCUT2D eigenvalue weighted by molar-refractivity contribution is 0.102. The van der Waals surface area contributed by atoms with Crippen LogP contribution in [0.1, 0.15) is 20.8 Å². The van der Waals surface area contributed by atoms with E-state index in [1.807, 2.05) is 13.8 Å². The molecule has 0 saturated heterocycles. The molecule has 3 rings (SSSR count). The van der Waals surface area contributed by atoms with Crippen LogP contribution in [0.4, 0.5) is 0 Å². The Morgan fingerprint density at radius 2 is 2.07 bits per heavy atom. The molecule has 140 valence electrons. The third-order valence-corrected chi connectivity index (χ3v) is 6.27. The highest BCUT2D eigenvalue weighted by molar-refractivity contribution is 7.99. The number of fused-ring (bicyclic) bond motifs is 1. The van der Waals surface area contributed by atoms with Crippen molar-refractivity contribution in [2.75, 3.05) is 5.75 Å². The summed E-state index contributed by atoms with van der Waals surface area (Å²) >= 11 is 2.62. The molecule has 0 saturated carbocycles. The highest BCUT2D eigenvalue weighted by Crippen LogP contribution is 2.29. The zero-order chi connectivity index (χ0) is 19.7. The number of thioether (sulfide) groups is 1. The topological polar surface area (TPSA) is 92.4 Å². The highest BCUT2D eigenvalue weighted by Gasteiger charge is 2.18. The van der Waals surface area contributed by atoms with Crippen LogP contribution in [0.25, 0.3) is 10.2 Å². The Hall–Kier alpha value is -2.58. The van der Waals surface area contributed by atoms with E-state index in [0.29, 0.717) is 21.9 Å². The Labute approximate surface area is 163 Å². The number of phenolic OH excluding ortho intramolecular Hbond substituents is 2. The maximum Gasteiger partial charge on any atom is 0.263 e. The number of carbonyl (C=O) groups excluding carboxylic acids is 1. The first-order valence-corrected chi connectivity index (χ1v) is 9.93. The van der Waals surface area contributed by atoms with E-state index in [0.717, 1.165) is 22.2 Å². The molecular weight excluding hydrogens is 384 g/mol. The Bertz CT molecular complexity index is 1120. The second-order valence-corrected chi connectivity index (χ2v) is 8.12. The fourth-order valence-electron chi connectivity index (χ4n) is 2.62. The highest BCUT2D eigenvalue weighted by atomic mass is 32.2. The number of ketones is 1. The quantitative estimate of drug-likeness (QED) is 0.215. The number of rotatable bonds is 6. The Balaban J connectivity index is 1.94. The van der Waals surface area contributed by atoms with Gasteiger partial charge in [0.25, 0.3) is 5.56 Å². The minimum Gasteiger partial charge on any atom is -0.504 e. The number of nitrogens with zero attached hydrogens (tertiary/aromatic N) is 2. The van der Waals surface area contributed by atoms with Crippen LogP contribution in [0, 0.1) is 13.8 Å². The average Bonchev–Trinajstić information content (AvgIpc) is 2.92. The Kier molecular flexibility index (Phi) is 5.38. The summed E-state index contributed by atoms with van der Waals surface area (Å²) in [5.74, 6) is -0.829. The van der Waals surface area contributed by atoms with E-state index in [4.69, 9.17) is 0 Å². The summed E-state index contributed by atoms with van der Waals surface area (Å²) in [6.45, 7) is 7.85. The van der Waals surface area contributed by atoms with E-state index in [1.165, 1.54) is 34.1 Å². The monoisotopic (exact) mass is 402 g/mol. The van der Waals surface area contributed by atoms with Crippen molar-refractivity contribution < 1.29 is 15.0 Å². The van der Waals surface area contributed by atoms with E-state index in [9.17, 15) is 19.8 Å². The lowest BCUT2D eigenvalue weighted by atomic mass is 10.1. The third-order valence-electron chi connectivity index (χ3n) is 4.20. The molecule has 0 fully saturated rings. The van der Waals surface area contributed by atoms with Gasteiger partial charge in [-0.05, 0) is 37.6 Å². The SMILES string of the molecule is C=CCn1c(SCC(=O)c2ccc(O)c(O)c2)nc2sc(C)c(C)c2c1=O. The number of allylic oxidation sites excluding steroid dienone is 1. The Morgan fingerprint density at radius 3 is 2.74 bits per heavy atom. The first-order chi connectivity index (χ1) is 12.8. The normalized spacial score (nSPS) is 11.0. The Morgan fingerprint density at radius 1 is 1.33 bits per heavy atom. The predicted molar refractivity (Wildman–Crippen MR) is 108 cm³/mol. The van der Waals surface area contributed by atoms with E-state index < -0.39 is 0 Å². The van der Waals surface area contributed by atoms with Gasteiger partial charge >= 0.3 is 0 Å². The van der Waals surface area contributed by atoms with Crippen LogP contribution in [-0.2, 0) is 6.54 Å². The number of carbonyl (C=O) groups is 1. The molecule has 0 radical (unpaired) electrons. The summed E-state index contributed by atoms with van der Waals surface area (Å²) in [7, 11) is 0. The van der Waals surface area contributed by atoms with Crippen molar-refractivity contribution in [3.8, 4) is 11.5 Å². The zero-order valence-corrected chi connectivity index (χ0v) is 16.5. The van der Waals surface area contributed by atoms with Crippen LogP contribution in [0.15, 0.2) is 40.8 Å². The predicted octanol–water partition coefficient (Wildman–Crippen LogP) is 3.65. The van der Waals surface area contributed by atoms with Crippen molar-refractivity contribution in [3.63, 3.8) is 0 Å². The molecule has 0 aliphatic rings. The molecule has 0 amide bonds. The van der Waals surface area contributed by atoms with Crippen LogP contribution in [0.5, 0.6) is 11.5 Å². The van der Waals surface area contributed by atoms with Gasteiger partial charge in [0.15, 0.2) is 22.4 Å². The summed E-state index contributed by atoms with van der Waals surface area (Å²) in [6, 6.07) is 3.93. The second-order valence-electron chi connectivity index (χ2n) is 5.98. The van der Waals surface area contributed by atoms with Crippen molar-refractivity contribution in [1.82, 2.24) is 9.55 Å². The van der Waals surface area contributed by atoms with Crippen LogP contribution in [-0.4, -0.2) is 31.3 Å². The van der Waals surface area contributed by atoms with E-state index in [-0.39, 0.29) is 34.2 Å². The summed E-state index contributed by atoms with van der Waals surface area (Å²) in [6.07, 6.45) is 1.62. The van der Waals surface area contributed by atoms with Crippen LogP contribution >= 0.6 is 23.1 Å². The molecule has 0 aliphatic carbocycles. The molecular formula is C19H18N2O4S2. The van der Waals surface area contributed by atoms with E-state index in [1.54, 1.807) is 6.08 Å². The van der Waals surface area contributed by atoms with Gasteiger partial charge in [0, 0.05) is 17.0 Å². The van der Waals surface area contributed by atoms with Crippen molar-refractivity contribution in [2.24, 2.45) is 0 Å². The van der Waals surface area contributed by atoms with Crippen LogP contribution in [0.2, 0.25) is 0 Å². The molecule has 0 atom stereocenters. The molecule has 27 heavy (non-hydrogen) atoms. The standard InChI is InChI=1S/C19H18N2O4S2/c1-4-7-21-18(25)16-10(2)11(3)27-17(16)20-19(21)26-9-15(24)12-5-6-13(22)14(23)8-12/h4-6,8,22-23H,1,7,9H2,2-3H3. The molecule has 0 bridgehead atoms. The number of Topliss-reactive ketones (excluding diaryl/α,β-unsaturated/α-hetero) is 1. The first-order valence-electron chi connectivity index (χ1n) is 8.13. The van der Waals surface area contributed by atoms with Crippen molar-refractivity contribution in [2.45, 2.75) is 25.5 Å². The van der Waals surface area contributed by atoms with E-state index >= 15 is 0 Å². The second kappa shape index (κ2) is 7.58. The smallest absolute Gasteiger partial charge is 0.263 e. The van der Waals surface area contributed by atoms with Gasteiger partial charge in [0.05, 0.1) is 11.1 Å². The summed E-state index contributed by atoms with van der Waals surface area (Å²) in [5, 5.41) is 20.0. The van der Waals surface area contributed by atoms with Crippen LogP contribution < -0.4 is 5.56 Å². The average molecular weight is 402 g/mol. The number of aromatic hydroxyl groups is 2. The van der Waals surface area contributed by atoms with Gasteiger partial charge in [-0.15, -0.1) is 17.9 Å². The molecule has 2 heterocycles. The largest absolute Gasteiger partial charge is 0.504 e. The van der Waals surface area contributed by atoms with Crippen molar-refractivity contribution in [3.05, 3.63) is 57.2 Å². The number of benzene rings is 1. The fourth-order valence-corrected chi connectivity index (χ4v) is 4.59. The minimum absolute atomic E-state index is 0.0443. The number of thiophene rings is 1. The maximum atomic E-state index is 12.9. The molecule has 2 aromatic heterocycles. The fraction of sp³-hybridized carbons (Fsp3) is 0.211. The molecule has 1 aromatic carbocycles. The summed E-state index contributed by atoms with van der Waals surface area (Å²) in [5.41, 5.74) is 1.07. The van der Waals surface area contributed by atoms with Gasteiger partial charge in [-0.25, -0.2) is 4.98 Å². The van der Waals surface area contributed by atoms with Gasteiger partial charge in [-0.3, -0.25) is 14.2 Å². The first kappa shape index (κ1) is 19.2. The number of aromatic nitrogens is 2. The minimum atomic E-state index is -0.349. The van der Waals surface area contributed by atoms with Gasteiger partial charge in [0.2, 0.25) is 0 Å². The number of hydrogen-bond donors (Lipinski definition) is 2. The third kappa shape index (κ3) is 3.63.